The van der Waals surface area contributed by atoms with Crippen LogP contribution in [-0.4, -0.2) is 0 Å². The maximum absolute atomic E-state index is 3.07. The number of benzene rings is 4. The summed E-state index contributed by atoms with van der Waals surface area (Å²) in [7, 11) is 0. The zero-order valence-electron chi connectivity index (χ0n) is 26.2. The number of allylic oxidation sites excluding steroid dienone is 2. The van der Waals surface area contributed by atoms with E-state index in [0.717, 1.165) is 0 Å². The second-order valence-electron chi connectivity index (χ2n) is 13.8. The fraction of sp³-hybridized carbons (Fsp3) is 0.317. The fourth-order valence-electron chi connectivity index (χ4n) is 9.10. The summed E-state index contributed by atoms with van der Waals surface area (Å²) in [6.07, 6.45) is 10.3. The van der Waals surface area contributed by atoms with Gasteiger partial charge in [0, 0.05) is 0 Å². The van der Waals surface area contributed by atoms with Crippen LogP contribution in [0.1, 0.15) is 80.3 Å². The van der Waals surface area contributed by atoms with Crippen molar-refractivity contribution in [2.75, 3.05) is 0 Å². The molecule has 4 aromatic rings. The molecule has 1 saturated heterocycles. The van der Waals surface area contributed by atoms with Gasteiger partial charge in [-0.25, -0.2) is 0 Å². The fourth-order valence-corrected chi connectivity index (χ4v) is 26.2. The van der Waals surface area contributed by atoms with Crippen LogP contribution >= 0.6 is 0 Å². The molecule has 0 saturated carbocycles. The normalized spacial score (nSPS) is 20.7. The van der Waals surface area contributed by atoms with Crippen LogP contribution in [0.5, 0.6) is 0 Å². The Kier molecular flexibility index (Phi) is 6.97. The van der Waals surface area contributed by atoms with Crippen molar-refractivity contribution in [3.8, 4) is 22.3 Å². The van der Waals surface area contributed by atoms with E-state index < -0.39 is 20.0 Å². The van der Waals surface area contributed by atoms with Crippen LogP contribution in [0.3, 0.4) is 0 Å². The third kappa shape index (κ3) is 4.10. The zero-order chi connectivity index (χ0) is 29.2. The Balaban J connectivity index is 1.48. The SMILES string of the molecule is CCCC1(CCC)C2=Cc3c(-c4ccc(C)cc4)cccc3[CH]2[Hf]([CH3])([CH3])[CH]2C1=Cc1c(-c3ccc(C)cc3)cccc12. The van der Waals surface area contributed by atoms with Gasteiger partial charge in [-0.15, -0.1) is 0 Å². The topological polar surface area (TPSA) is 0 Å². The second kappa shape index (κ2) is 10.4. The number of fused-ring (bicyclic) bond motifs is 6. The zero-order valence-corrected chi connectivity index (χ0v) is 29.8. The van der Waals surface area contributed by atoms with Crippen LogP contribution in [0.4, 0.5) is 0 Å². The molecule has 0 amide bonds. The molecule has 1 heterocycles. The van der Waals surface area contributed by atoms with E-state index in [2.05, 4.69) is 134 Å². The first-order valence-corrected chi connectivity index (χ1v) is 27.5. The molecule has 0 aromatic heterocycles. The van der Waals surface area contributed by atoms with E-state index in [0.29, 0.717) is 7.35 Å². The van der Waals surface area contributed by atoms with E-state index in [1.807, 2.05) is 0 Å². The van der Waals surface area contributed by atoms with E-state index in [9.17, 15) is 0 Å². The van der Waals surface area contributed by atoms with E-state index in [-0.39, 0.29) is 5.41 Å². The maximum atomic E-state index is 2.78. The Morgan fingerprint density at radius 1 is 0.571 bits per heavy atom. The van der Waals surface area contributed by atoms with Crippen molar-refractivity contribution in [3.05, 3.63) is 129 Å². The van der Waals surface area contributed by atoms with Crippen LogP contribution in [0.25, 0.3) is 34.4 Å². The van der Waals surface area contributed by atoms with Gasteiger partial charge in [-0.05, 0) is 0 Å². The Bertz CT molecular complexity index is 1600. The molecule has 0 radical (unpaired) electrons. The van der Waals surface area contributed by atoms with E-state index >= 15 is 0 Å². The molecule has 4 aromatic carbocycles. The Hall–Kier alpha value is -2.77. The summed E-state index contributed by atoms with van der Waals surface area (Å²) in [5.41, 5.74) is 18.2. The minimum atomic E-state index is -3.07. The van der Waals surface area contributed by atoms with Crippen molar-refractivity contribution in [2.24, 2.45) is 5.41 Å². The molecule has 0 nitrogen and oxygen atoms in total. The summed E-state index contributed by atoms with van der Waals surface area (Å²) in [6, 6.07) is 32.8. The monoisotopic (exact) mass is 716 g/mol. The van der Waals surface area contributed by atoms with Gasteiger partial charge in [0.1, 0.15) is 0 Å². The number of aryl methyl sites for hydroxylation is 2. The molecule has 0 bridgehead atoms. The van der Waals surface area contributed by atoms with Crippen molar-refractivity contribution in [1.82, 2.24) is 0 Å². The molecule has 2 atom stereocenters. The molecule has 2 aliphatic carbocycles. The molecular formula is C41H44Hf. The van der Waals surface area contributed by atoms with Gasteiger partial charge in [0.15, 0.2) is 0 Å². The van der Waals surface area contributed by atoms with E-state index in [4.69, 9.17) is 0 Å². The molecule has 7 rings (SSSR count). The van der Waals surface area contributed by atoms with Crippen molar-refractivity contribution in [1.29, 1.82) is 0 Å². The van der Waals surface area contributed by atoms with Gasteiger partial charge >= 0.3 is 259 Å². The van der Waals surface area contributed by atoms with Crippen LogP contribution in [0.2, 0.25) is 9.36 Å². The summed E-state index contributed by atoms with van der Waals surface area (Å²) in [6.45, 7) is 9.19. The number of rotatable bonds is 6. The van der Waals surface area contributed by atoms with Gasteiger partial charge in [0.05, 0.1) is 0 Å². The molecule has 0 spiro atoms. The van der Waals surface area contributed by atoms with Gasteiger partial charge in [-0.3, -0.25) is 0 Å². The van der Waals surface area contributed by atoms with Gasteiger partial charge in [0.25, 0.3) is 0 Å². The van der Waals surface area contributed by atoms with Crippen molar-refractivity contribution in [2.45, 2.75) is 70.1 Å². The van der Waals surface area contributed by atoms with Crippen LogP contribution in [-0.2, 0) is 20.0 Å². The van der Waals surface area contributed by atoms with Crippen LogP contribution < -0.4 is 0 Å². The average Bonchev–Trinajstić information content (AvgIpc) is 3.59. The van der Waals surface area contributed by atoms with Crippen molar-refractivity contribution in [3.63, 3.8) is 0 Å². The first-order chi connectivity index (χ1) is 20.3. The van der Waals surface area contributed by atoms with Gasteiger partial charge in [-0.2, -0.15) is 0 Å². The van der Waals surface area contributed by atoms with E-state index in [1.165, 1.54) is 70.2 Å². The molecule has 1 heteroatoms. The third-order valence-electron chi connectivity index (χ3n) is 10.8. The number of hydrogen-bond acceptors (Lipinski definition) is 0. The number of hydrogen-bond donors (Lipinski definition) is 0. The average molecular weight is 715 g/mol. The molecule has 2 unspecified atom stereocenters. The quantitative estimate of drug-likeness (QED) is 0.174. The first kappa shape index (κ1) is 28.0. The van der Waals surface area contributed by atoms with Gasteiger partial charge in [-0.1, -0.05) is 0 Å². The Morgan fingerprint density at radius 3 is 1.36 bits per heavy atom. The summed E-state index contributed by atoms with van der Waals surface area (Å²) >= 11 is -3.07. The van der Waals surface area contributed by atoms with Gasteiger partial charge < -0.3 is 0 Å². The van der Waals surface area contributed by atoms with E-state index in [1.54, 1.807) is 22.3 Å². The summed E-state index contributed by atoms with van der Waals surface area (Å²) in [5.74, 6) is 0. The van der Waals surface area contributed by atoms with Crippen molar-refractivity contribution >= 4 is 12.2 Å². The summed E-state index contributed by atoms with van der Waals surface area (Å²) in [5, 5.41) is 0. The predicted molar refractivity (Wildman–Crippen MR) is 179 cm³/mol. The summed E-state index contributed by atoms with van der Waals surface area (Å²) in [4.78, 5) is 0. The molecule has 42 heavy (non-hydrogen) atoms. The molecular weight excluding hydrogens is 671 g/mol. The molecule has 3 aliphatic rings. The molecule has 1 fully saturated rings. The summed E-state index contributed by atoms with van der Waals surface area (Å²) < 4.78 is 6.83. The minimum absolute atomic E-state index is 0.140. The molecule has 1 aliphatic heterocycles. The van der Waals surface area contributed by atoms with Gasteiger partial charge in [0.2, 0.25) is 0 Å². The van der Waals surface area contributed by atoms with Crippen LogP contribution in [0.15, 0.2) is 96.1 Å². The standard InChI is InChI=1S/C39H38.2CH3.Hf/c1-5-21-39(22-6-2,33-23-31-9-7-11-35(37(31)25-33)29-17-13-27(3)14-18-29)34-24-32-10-8-12-36(38(32)26-34)30-19-15-28(4)16-20-30;;;/h7-20,23-26H,5-6,21-22H2,1-4H3;2*1H3;. The van der Waals surface area contributed by atoms with Crippen LogP contribution in [0, 0.1) is 19.3 Å². The Labute approximate surface area is 257 Å². The first-order valence-electron chi connectivity index (χ1n) is 16.1. The molecule has 0 N–H and O–H groups in total. The Morgan fingerprint density at radius 2 is 0.976 bits per heavy atom. The third-order valence-corrected chi connectivity index (χ3v) is 26.0. The predicted octanol–water partition coefficient (Wildman–Crippen LogP) is 12.1. The van der Waals surface area contributed by atoms with Crippen molar-refractivity contribution < 1.29 is 20.0 Å². The molecule has 212 valence electrons. The second-order valence-corrected chi connectivity index (χ2v) is 31.1.